The van der Waals surface area contributed by atoms with Gasteiger partial charge >= 0.3 is 23.9 Å². The molecule has 1 rings (SSSR count). The van der Waals surface area contributed by atoms with Gasteiger partial charge in [-0.1, -0.05) is 60.5 Å². The zero-order chi connectivity index (χ0) is 29.5. The first-order valence-corrected chi connectivity index (χ1v) is 14.1. The van der Waals surface area contributed by atoms with E-state index in [-0.39, 0.29) is 42.3 Å². The Morgan fingerprint density at radius 2 is 1.36 bits per heavy atom. The van der Waals surface area contributed by atoms with Gasteiger partial charge in [-0.05, 0) is 56.2 Å². The molecule has 0 bridgehead atoms. The van der Waals surface area contributed by atoms with Crippen molar-refractivity contribution in [3.05, 3.63) is 23.8 Å². The second-order valence-corrected chi connectivity index (χ2v) is 10.7. The third-order valence-electron chi connectivity index (χ3n) is 6.15. The molecule has 0 radical (unpaired) electrons. The zero-order valence-corrected chi connectivity index (χ0v) is 24.6. The fourth-order valence-electron chi connectivity index (χ4n) is 3.73. The van der Waals surface area contributed by atoms with Gasteiger partial charge in [-0.3, -0.25) is 19.2 Å². The van der Waals surface area contributed by atoms with Crippen molar-refractivity contribution in [2.24, 2.45) is 23.5 Å². The summed E-state index contributed by atoms with van der Waals surface area (Å²) in [5, 5.41) is 0. The normalized spacial score (nSPS) is 14.2. The number of carbonyl (C=O) groups excluding carboxylic acids is 4. The molecule has 0 fully saturated rings. The van der Waals surface area contributed by atoms with Crippen LogP contribution in [0.3, 0.4) is 0 Å². The number of hydrogen-bond acceptors (Lipinski definition) is 9. The Labute approximate surface area is 233 Å². The molecular weight excluding hydrogens is 502 g/mol. The SMILES string of the molecule is CCCC(C)C(=O)Oc1ccc(C[C@H](N)C(=O)OC[C@H](C)OC(=O)CCC(C)C)cc1OC(=O)C(C)CCC. The van der Waals surface area contributed by atoms with Gasteiger partial charge in [-0.2, -0.15) is 0 Å². The van der Waals surface area contributed by atoms with Gasteiger partial charge in [-0.25, -0.2) is 0 Å². The van der Waals surface area contributed by atoms with Gasteiger partial charge in [0, 0.05) is 6.42 Å². The molecule has 0 aliphatic carbocycles. The van der Waals surface area contributed by atoms with E-state index < -0.39 is 30.1 Å². The van der Waals surface area contributed by atoms with Crippen LogP contribution in [0.1, 0.15) is 92.6 Å². The highest BCUT2D eigenvalue weighted by molar-refractivity contribution is 5.79. The number of benzene rings is 1. The summed E-state index contributed by atoms with van der Waals surface area (Å²) < 4.78 is 21.7. The van der Waals surface area contributed by atoms with Crippen LogP contribution in [0.5, 0.6) is 11.5 Å². The third kappa shape index (κ3) is 13.1. The van der Waals surface area contributed by atoms with Crippen molar-refractivity contribution in [1.82, 2.24) is 0 Å². The summed E-state index contributed by atoms with van der Waals surface area (Å²) in [6.45, 7) is 13.1. The average molecular weight is 550 g/mol. The predicted molar refractivity (Wildman–Crippen MR) is 148 cm³/mol. The Morgan fingerprint density at radius 1 is 0.795 bits per heavy atom. The van der Waals surface area contributed by atoms with E-state index in [1.54, 1.807) is 32.9 Å². The molecular formula is C30H47NO8. The summed E-state index contributed by atoms with van der Waals surface area (Å²) in [7, 11) is 0. The monoisotopic (exact) mass is 549 g/mol. The largest absolute Gasteiger partial charge is 0.461 e. The first kappa shape index (κ1) is 34.1. The highest BCUT2D eigenvalue weighted by Crippen LogP contribution is 2.31. The molecule has 1 aromatic carbocycles. The van der Waals surface area contributed by atoms with Crippen molar-refractivity contribution in [2.75, 3.05) is 6.61 Å². The Kier molecular flexibility index (Phi) is 15.4. The molecule has 0 saturated carbocycles. The van der Waals surface area contributed by atoms with E-state index in [4.69, 9.17) is 24.7 Å². The first-order chi connectivity index (χ1) is 18.4. The lowest BCUT2D eigenvalue weighted by atomic mass is 10.0. The van der Waals surface area contributed by atoms with E-state index >= 15 is 0 Å². The molecule has 220 valence electrons. The molecule has 0 heterocycles. The topological polar surface area (TPSA) is 131 Å². The van der Waals surface area contributed by atoms with Gasteiger partial charge in [-0.15, -0.1) is 0 Å². The second kappa shape index (κ2) is 17.6. The molecule has 0 aliphatic heterocycles. The van der Waals surface area contributed by atoms with Crippen molar-refractivity contribution in [1.29, 1.82) is 0 Å². The van der Waals surface area contributed by atoms with Crippen LogP contribution in [0, 0.1) is 17.8 Å². The first-order valence-electron chi connectivity index (χ1n) is 14.1. The summed E-state index contributed by atoms with van der Waals surface area (Å²) in [5.41, 5.74) is 6.67. The maximum absolute atomic E-state index is 12.6. The van der Waals surface area contributed by atoms with Gasteiger partial charge < -0.3 is 24.7 Å². The number of nitrogens with two attached hydrogens (primary N) is 1. The lowest BCUT2D eigenvalue weighted by Crippen LogP contribution is -2.36. The summed E-state index contributed by atoms with van der Waals surface area (Å²) in [6, 6.07) is 3.74. The van der Waals surface area contributed by atoms with E-state index in [2.05, 4.69) is 0 Å². The van der Waals surface area contributed by atoms with Gasteiger partial charge in [0.1, 0.15) is 18.8 Å². The van der Waals surface area contributed by atoms with Crippen LogP contribution in [0.15, 0.2) is 18.2 Å². The van der Waals surface area contributed by atoms with Crippen LogP contribution in [0.2, 0.25) is 0 Å². The molecule has 2 N–H and O–H groups in total. The van der Waals surface area contributed by atoms with Crippen LogP contribution in [0.25, 0.3) is 0 Å². The quantitative estimate of drug-likeness (QED) is 0.207. The molecule has 9 nitrogen and oxygen atoms in total. The van der Waals surface area contributed by atoms with Crippen molar-refractivity contribution >= 4 is 23.9 Å². The van der Waals surface area contributed by atoms with Crippen molar-refractivity contribution < 1.29 is 38.1 Å². The van der Waals surface area contributed by atoms with Gasteiger partial charge in [0.2, 0.25) is 0 Å². The molecule has 0 aliphatic rings. The van der Waals surface area contributed by atoms with Crippen LogP contribution in [-0.4, -0.2) is 42.6 Å². The Morgan fingerprint density at radius 3 is 1.90 bits per heavy atom. The fourth-order valence-corrected chi connectivity index (χ4v) is 3.73. The van der Waals surface area contributed by atoms with Crippen LogP contribution >= 0.6 is 0 Å². The van der Waals surface area contributed by atoms with E-state index in [0.717, 1.165) is 19.3 Å². The molecule has 1 aromatic rings. The molecule has 4 atom stereocenters. The average Bonchev–Trinajstić information content (AvgIpc) is 2.87. The smallest absolute Gasteiger partial charge is 0.323 e. The lowest BCUT2D eigenvalue weighted by Gasteiger charge is -2.18. The minimum atomic E-state index is -1.01. The van der Waals surface area contributed by atoms with Crippen LogP contribution < -0.4 is 15.2 Å². The fraction of sp³-hybridized carbons (Fsp3) is 0.667. The predicted octanol–water partition coefficient (Wildman–Crippen LogP) is 5.15. The number of carbonyl (C=O) groups is 4. The summed E-state index contributed by atoms with van der Waals surface area (Å²) >= 11 is 0. The van der Waals surface area contributed by atoms with Crippen LogP contribution in [-0.2, 0) is 35.1 Å². The summed E-state index contributed by atoms with van der Waals surface area (Å²) in [6.07, 6.45) is 3.51. The van der Waals surface area contributed by atoms with E-state index in [1.807, 2.05) is 27.7 Å². The van der Waals surface area contributed by atoms with E-state index in [1.165, 1.54) is 6.07 Å². The van der Waals surface area contributed by atoms with Crippen LogP contribution in [0.4, 0.5) is 0 Å². The highest BCUT2D eigenvalue weighted by Gasteiger charge is 2.23. The minimum Gasteiger partial charge on any atom is -0.461 e. The van der Waals surface area contributed by atoms with Crippen molar-refractivity contribution in [2.45, 2.75) is 106 Å². The molecule has 39 heavy (non-hydrogen) atoms. The Bertz CT molecular complexity index is 945. The zero-order valence-electron chi connectivity index (χ0n) is 24.6. The molecule has 0 spiro atoms. The maximum Gasteiger partial charge on any atom is 0.323 e. The summed E-state index contributed by atoms with van der Waals surface area (Å²) in [4.78, 5) is 49.5. The van der Waals surface area contributed by atoms with E-state index in [0.29, 0.717) is 30.7 Å². The van der Waals surface area contributed by atoms with Gasteiger partial charge in [0.15, 0.2) is 11.5 Å². The number of hydrogen-bond donors (Lipinski definition) is 1. The van der Waals surface area contributed by atoms with Crippen molar-refractivity contribution in [3.8, 4) is 11.5 Å². The standard InChI is InChI=1S/C30H47NO8/c1-8-10-20(5)28(33)38-25-14-13-23(17-26(25)39-29(34)21(6)11-9-2)16-24(31)30(35)36-18-22(7)37-27(32)15-12-19(3)4/h13-14,17,19-22,24H,8-12,15-16,18,31H2,1-7H3/t20?,21?,22-,24-/m0/s1. The van der Waals surface area contributed by atoms with E-state index in [9.17, 15) is 19.2 Å². The van der Waals surface area contributed by atoms with Crippen molar-refractivity contribution in [3.63, 3.8) is 0 Å². The lowest BCUT2D eigenvalue weighted by molar-refractivity contribution is -0.158. The third-order valence-corrected chi connectivity index (χ3v) is 6.15. The van der Waals surface area contributed by atoms with Gasteiger partial charge in [0.25, 0.3) is 0 Å². The van der Waals surface area contributed by atoms with Gasteiger partial charge in [0.05, 0.1) is 11.8 Å². The molecule has 2 unspecified atom stereocenters. The second-order valence-electron chi connectivity index (χ2n) is 10.7. The minimum absolute atomic E-state index is 0.0942. The highest BCUT2D eigenvalue weighted by atomic mass is 16.6. The molecule has 0 saturated heterocycles. The molecule has 9 heteroatoms. The Balaban J connectivity index is 2.88. The number of ether oxygens (including phenoxy) is 4. The summed E-state index contributed by atoms with van der Waals surface area (Å²) in [5.74, 6) is -1.87. The number of rotatable bonds is 17. The maximum atomic E-state index is 12.6. The Hall–Kier alpha value is -2.94. The number of esters is 4. The molecule has 0 amide bonds. The molecule has 0 aromatic heterocycles.